The molecule has 0 atom stereocenters. The van der Waals surface area contributed by atoms with E-state index in [-0.39, 0.29) is 29.6 Å². The van der Waals surface area contributed by atoms with Crippen molar-refractivity contribution >= 4 is 30.7 Å². The summed E-state index contributed by atoms with van der Waals surface area (Å²) in [5.74, 6) is 0.642. The van der Waals surface area contributed by atoms with E-state index in [0.29, 0.717) is 29.3 Å². The molecule has 5 nitrogen and oxygen atoms in total. The summed E-state index contributed by atoms with van der Waals surface area (Å²) < 4.78 is 41.2. The Balaban J connectivity index is 1.80. The number of amides is 1. The molecule has 0 saturated carbocycles. The van der Waals surface area contributed by atoms with Crippen molar-refractivity contribution in [3.63, 3.8) is 0 Å². The lowest BCUT2D eigenvalue weighted by atomic mass is 9.78. The van der Waals surface area contributed by atoms with Crippen LogP contribution < -0.4 is 10.1 Å². The van der Waals surface area contributed by atoms with Crippen LogP contribution in [0.2, 0.25) is 0 Å². The molecular weight excluding hydrogens is 519 g/mol. The first kappa shape index (κ1) is 30.5. The highest BCUT2D eigenvalue weighted by molar-refractivity contribution is 6.58. The second-order valence-electron chi connectivity index (χ2n) is 13.2. The molecule has 3 heterocycles. The molecule has 220 valence electrons. The summed E-state index contributed by atoms with van der Waals surface area (Å²) in [6.07, 6.45) is 8.58. The first-order chi connectivity index (χ1) is 19.1. The van der Waals surface area contributed by atoms with Crippen molar-refractivity contribution in [1.82, 2.24) is 9.79 Å². The van der Waals surface area contributed by atoms with Gasteiger partial charge >= 0.3 is 6.97 Å². The second-order valence-corrected chi connectivity index (χ2v) is 13.2. The molecular formula is C33H44BF2N3O2. The van der Waals surface area contributed by atoms with Crippen LogP contribution in [-0.4, -0.2) is 41.2 Å². The minimum Gasteiger partial charge on any atom is -0.496 e. The molecule has 0 radical (unpaired) electrons. The third kappa shape index (κ3) is 5.84. The summed E-state index contributed by atoms with van der Waals surface area (Å²) in [6.45, 7) is 13.1. The predicted molar refractivity (Wildman–Crippen MR) is 166 cm³/mol. The number of methoxy groups -OCH3 is 1. The van der Waals surface area contributed by atoms with Crippen molar-refractivity contribution in [2.75, 3.05) is 13.7 Å². The molecule has 0 aliphatic carbocycles. The van der Waals surface area contributed by atoms with E-state index in [1.807, 2.05) is 32.1 Å². The van der Waals surface area contributed by atoms with Crippen molar-refractivity contribution in [3.8, 4) is 5.75 Å². The lowest BCUT2D eigenvalue weighted by molar-refractivity contribution is -0.361. The summed E-state index contributed by atoms with van der Waals surface area (Å²) >= 11 is 0. The summed E-state index contributed by atoms with van der Waals surface area (Å²) in [6, 6.07) is 7.68. The second kappa shape index (κ2) is 11.1. The Morgan fingerprint density at radius 3 is 2.29 bits per heavy atom. The number of ether oxygens (including phenoxy) is 1. The highest BCUT2D eigenvalue weighted by Gasteiger charge is 2.53. The van der Waals surface area contributed by atoms with Gasteiger partial charge in [-0.05, 0) is 60.1 Å². The fourth-order valence-electron chi connectivity index (χ4n) is 5.81. The van der Waals surface area contributed by atoms with Gasteiger partial charge < -0.3 is 27.6 Å². The zero-order valence-electron chi connectivity index (χ0n) is 26.0. The van der Waals surface area contributed by atoms with Crippen LogP contribution in [0.25, 0.3) is 12.2 Å². The smallest absolute Gasteiger partial charge is 0.496 e. The van der Waals surface area contributed by atoms with Gasteiger partial charge in [-0.15, -0.1) is 0 Å². The minimum atomic E-state index is -4.19. The third-order valence-electron chi connectivity index (χ3n) is 7.86. The van der Waals surface area contributed by atoms with Crippen LogP contribution in [0.3, 0.4) is 0 Å². The lowest BCUT2D eigenvalue weighted by Crippen LogP contribution is -2.50. The molecule has 1 amide bonds. The van der Waals surface area contributed by atoms with E-state index in [0.717, 1.165) is 43.4 Å². The van der Waals surface area contributed by atoms with Crippen LogP contribution in [0, 0.1) is 0 Å². The van der Waals surface area contributed by atoms with Crippen LogP contribution in [0.5, 0.6) is 5.75 Å². The Bertz CT molecular complexity index is 1480. The molecule has 1 aromatic carbocycles. The van der Waals surface area contributed by atoms with Gasteiger partial charge in [0.1, 0.15) is 5.75 Å². The Hall–Kier alpha value is -3.42. The highest BCUT2D eigenvalue weighted by atomic mass is 19.2. The molecule has 0 spiro atoms. The van der Waals surface area contributed by atoms with Gasteiger partial charge in [0.25, 0.3) is 0 Å². The predicted octanol–water partition coefficient (Wildman–Crippen LogP) is 7.25. The molecule has 1 aromatic heterocycles. The topological polar surface area (TPSA) is 46.3 Å². The minimum absolute atomic E-state index is 0.125. The maximum Gasteiger partial charge on any atom is 0.737 e. The number of aromatic nitrogens is 1. The van der Waals surface area contributed by atoms with E-state index in [1.165, 1.54) is 0 Å². The average Bonchev–Trinajstić information content (AvgIpc) is 3.44. The summed E-state index contributed by atoms with van der Waals surface area (Å²) in [4.78, 5) is 12.2. The van der Waals surface area contributed by atoms with E-state index < -0.39 is 6.97 Å². The normalized spacial score (nSPS) is 16.5. The molecule has 0 fully saturated rings. The molecule has 0 unspecified atom stereocenters. The molecule has 0 bridgehead atoms. The van der Waals surface area contributed by atoms with Crippen molar-refractivity contribution in [2.45, 2.75) is 85.5 Å². The largest absolute Gasteiger partial charge is 0.737 e. The fraction of sp³-hybridized carbons (Fsp3) is 0.455. The highest BCUT2D eigenvalue weighted by Crippen LogP contribution is 2.41. The SMILES string of the molecule is CCCNC(=O)CCc1ccc2n1[B-](F)(F)[N+]1=C(/C=C/c3c(C(C)(C)C)ccc(C(C)(C)C)c3OC)C=C(C)C1=C2. The van der Waals surface area contributed by atoms with Gasteiger partial charge in [-0.2, -0.15) is 0 Å². The number of benzene rings is 1. The van der Waals surface area contributed by atoms with Crippen LogP contribution >= 0.6 is 0 Å². The quantitative estimate of drug-likeness (QED) is 0.344. The van der Waals surface area contributed by atoms with Crippen molar-refractivity contribution < 1.29 is 22.6 Å². The summed E-state index contributed by atoms with van der Waals surface area (Å²) in [5, 5.41) is 2.83. The average molecular weight is 564 g/mol. The van der Waals surface area contributed by atoms with Crippen LogP contribution in [0.15, 0.2) is 47.7 Å². The van der Waals surface area contributed by atoms with Crippen LogP contribution in [-0.2, 0) is 22.0 Å². The zero-order valence-corrected chi connectivity index (χ0v) is 26.0. The number of hydrogen-bond donors (Lipinski definition) is 1. The number of halogens is 2. The Morgan fingerprint density at radius 1 is 1.02 bits per heavy atom. The maximum absolute atomic E-state index is 16.5. The van der Waals surface area contributed by atoms with E-state index >= 15 is 8.63 Å². The number of fused-ring (bicyclic) bond motifs is 2. The zero-order chi connectivity index (χ0) is 30.3. The van der Waals surface area contributed by atoms with E-state index in [4.69, 9.17) is 4.74 Å². The van der Waals surface area contributed by atoms with E-state index in [2.05, 4.69) is 59.0 Å². The Labute approximate surface area is 243 Å². The van der Waals surface area contributed by atoms with Crippen molar-refractivity contribution in [3.05, 3.63) is 75.8 Å². The molecule has 2 aliphatic rings. The van der Waals surface area contributed by atoms with Gasteiger partial charge in [0.15, 0.2) is 11.4 Å². The van der Waals surface area contributed by atoms with Gasteiger partial charge in [0, 0.05) is 53.6 Å². The van der Waals surface area contributed by atoms with Gasteiger partial charge in [-0.3, -0.25) is 4.79 Å². The summed E-state index contributed by atoms with van der Waals surface area (Å²) in [7, 11) is 1.67. The first-order valence-corrected chi connectivity index (χ1v) is 14.6. The molecule has 1 N–H and O–H groups in total. The van der Waals surface area contributed by atoms with E-state index in [9.17, 15) is 4.79 Å². The van der Waals surface area contributed by atoms with Gasteiger partial charge in [-0.1, -0.05) is 60.6 Å². The molecule has 0 saturated heterocycles. The van der Waals surface area contributed by atoms with Gasteiger partial charge in [-0.25, -0.2) is 0 Å². The molecule has 8 heteroatoms. The standard InChI is InChI=1S/C33H44BF2N3O2/c1-10-19-37-30(40)18-14-23-11-12-25-21-29-22(2)20-24(39(29)34(35,36)38(23)25)13-15-26-27(32(3,4)5)16-17-28(31(26)41-9)33(6,7)8/h11-13,15-17,20-21H,10,14,18-19H2,1-9H3,(H,37,40)/b15-13+. The number of allylic oxidation sites excluding steroid dienone is 3. The van der Waals surface area contributed by atoms with Gasteiger partial charge in [0.05, 0.1) is 7.11 Å². The lowest BCUT2D eigenvalue weighted by Gasteiger charge is -2.31. The maximum atomic E-state index is 16.5. The molecule has 4 rings (SSSR count). The Kier molecular flexibility index (Phi) is 8.27. The Morgan fingerprint density at radius 2 is 1.68 bits per heavy atom. The fourth-order valence-corrected chi connectivity index (χ4v) is 5.81. The van der Waals surface area contributed by atoms with Crippen molar-refractivity contribution in [1.29, 1.82) is 0 Å². The number of aryl methyl sites for hydroxylation is 1. The van der Waals surface area contributed by atoms with Crippen LogP contribution in [0.4, 0.5) is 8.63 Å². The van der Waals surface area contributed by atoms with Crippen molar-refractivity contribution in [2.24, 2.45) is 0 Å². The number of nitrogens with zero attached hydrogens (tertiary/aromatic N) is 2. The van der Waals surface area contributed by atoms with E-state index in [1.54, 1.807) is 25.3 Å². The number of nitrogens with one attached hydrogen (secondary N) is 1. The monoisotopic (exact) mass is 563 g/mol. The molecule has 2 aliphatic heterocycles. The number of carbonyl (C=O) groups is 1. The molecule has 41 heavy (non-hydrogen) atoms. The third-order valence-corrected chi connectivity index (χ3v) is 7.86. The summed E-state index contributed by atoms with van der Waals surface area (Å²) in [5.41, 5.74) is 5.32. The first-order valence-electron chi connectivity index (χ1n) is 14.6. The number of hydrogen-bond acceptors (Lipinski definition) is 2. The molecule has 2 aromatic rings. The van der Waals surface area contributed by atoms with Gasteiger partial charge in [0.2, 0.25) is 5.91 Å². The number of carbonyl (C=O) groups excluding carboxylic acids is 1. The number of rotatable bonds is 8. The van der Waals surface area contributed by atoms with Crippen LogP contribution in [0.1, 0.15) is 96.3 Å².